The van der Waals surface area contributed by atoms with Crippen molar-refractivity contribution in [3.63, 3.8) is 0 Å². The lowest BCUT2D eigenvalue weighted by atomic mass is 10.00. The van der Waals surface area contributed by atoms with Crippen LogP contribution in [0, 0.1) is 0 Å². The first-order valence-corrected chi connectivity index (χ1v) is 9.97. The maximum atomic E-state index is 12.6. The van der Waals surface area contributed by atoms with Gasteiger partial charge in [0.25, 0.3) is 0 Å². The van der Waals surface area contributed by atoms with Crippen LogP contribution in [0.2, 0.25) is 0 Å². The van der Waals surface area contributed by atoms with E-state index in [0.29, 0.717) is 31.2 Å². The Balaban J connectivity index is 0.00000320. The van der Waals surface area contributed by atoms with Gasteiger partial charge < -0.3 is 20.6 Å². The molecule has 1 aliphatic rings. The number of benzene rings is 1. The SMILES string of the molecule is CCNC(=NCC(=O)N1CCc2ccccc2C1)NCC(C)(O)c1cnn(C)c1.I. The molecule has 0 fully saturated rings. The van der Waals surface area contributed by atoms with Crippen LogP contribution in [0.4, 0.5) is 0 Å². The van der Waals surface area contributed by atoms with Crippen LogP contribution in [0.5, 0.6) is 0 Å². The van der Waals surface area contributed by atoms with Gasteiger partial charge in [-0.2, -0.15) is 5.10 Å². The van der Waals surface area contributed by atoms with E-state index in [1.807, 2.05) is 31.0 Å². The minimum atomic E-state index is -1.11. The number of hydrogen-bond donors (Lipinski definition) is 3. The number of amides is 1. The Labute approximate surface area is 194 Å². The molecule has 30 heavy (non-hydrogen) atoms. The van der Waals surface area contributed by atoms with Crippen LogP contribution in [-0.4, -0.2) is 57.8 Å². The summed E-state index contributed by atoms with van der Waals surface area (Å²) in [5.74, 6) is 0.498. The summed E-state index contributed by atoms with van der Waals surface area (Å²) >= 11 is 0. The number of fused-ring (bicyclic) bond motifs is 1. The molecular weight excluding hydrogens is 495 g/mol. The minimum absolute atomic E-state index is 0. The van der Waals surface area contributed by atoms with Crippen molar-refractivity contribution in [3.05, 3.63) is 53.3 Å². The van der Waals surface area contributed by atoms with Crippen molar-refractivity contribution in [1.82, 2.24) is 25.3 Å². The molecule has 1 aliphatic heterocycles. The number of hydrogen-bond acceptors (Lipinski definition) is 4. The lowest BCUT2D eigenvalue weighted by Gasteiger charge is -2.28. The highest BCUT2D eigenvalue weighted by molar-refractivity contribution is 14.0. The fourth-order valence-corrected chi connectivity index (χ4v) is 3.35. The quantitative estimate of drug-likeness (QED) is 0.301. The molecular formula is C21H31IN6O2. The number of aryl methyl sites for hydroxylation is 1. The second-order valence-corrected chi connectivity index (χ2v) is 7.56. The molecule has 8 nitrogen and oxygen atoms in total. The lowest BCUT2D eigenvalue weighted by molar-refractivity contribution is -0.130. The van der Waals surface area contributed by atoms with Gasteiger partial charge in [0, 0.05) is 38.4 Å². The van der Waals surface area contributed by atoms with E-state index in [2.05, 4.69) is 32.9 Å². The number of nitrogens with zero attached hydrogens (tertiary/aromatic N) is 4. The van der Waals surface area contributed by atoms with Gasteiger partial charge in [-0.1, -0.05) is 24.3 Å². The van der Waals surface area contributed by atoms with Gasteiger partial charge in [0.1, 0.15) is 12.1 Å². The normalized spacial score (nSPS) is 15.6. The molecule has 0 saturated heterocycles. The predicted molar refractivity (Wildman–Crippen MR) is 128 cm³/mol. The van der Waals surface area contributed by atoms with Crippen LogP contribution >= 0.6 is 24.0 Å². The number of carbonyl (C=O) groups is 1. The van der Waals surface area contributed by atoms with Gasteiger partial charge in [-0.05, 0) is 31.4 Å². The smallest absolute Gasteiger partial charge is 0.244 e. The van der Waals surface area contributed by atoms with Crippen LogP contribution in [0.1, 0.15) is 30.5 Å². The van der Waals surface area contributed by atoms with Gasteiger partial charge in [0.15, 0.2) is 5.96 Å². The number of carbonyl (C=O) groups excluding carboxylic acids is 1. The van der Waals surface area contributed by atoms with Gasteiger partial charge in [-0.15, -0.1) is 24.0 Å². The zero-order chi connectivity index (χ0) is 20.9. The zero-order valence-corrected chi connectivity index (χ0v) is 20.1. The maximum absolute atomic E-state index is 12.6. The molecule has 0 aliphatic carbocycles. The molecule has 3 N–H and O–H groups in total. The Kier molecular flexibility index (Phi) is 8.65. The summed E-state index contributed by atoms with van der Waals surface area (Å²) in [6.07, 6.45) is 4.30. The topological polar surface area (TPSA) is 94.8 Å². The monoisotopic (exact) mass is 526 g/mol. The molecule has 1 aromatic carbocycles. The summed E-state index contributed by atoms with van der Waals surface area (Å²) in [5, 5.41) is 21.1. The van der Waals surface area contributed by atoms with E-state index in [9.17, 15) is 9.90 Å². The van der Waals surface area contributed by atoms with Crippen molar-refractivity contribution in [3.8, 4) is 0 Å². The van der Waals surface area contributed by atoms with E-state index in [0.717, 1.165) is 6.42 Å². The number of aromatic nitrogens is 2. The second kappa shape index (κ2) is 10.8. The molecule has 2 heterocycles. The standard InChI is InChI=1S/C21H30N6O2.HI/c1-4-22-20(24-15-21(2,29)18-11-25-26(3)14-18)23-12-19(28)27-10-9-16-7-5-6-8-17(16)13-27;/h5-8,11,14,29H,4,9-10,12-13,15H2,1-3H3,(H2,22,23,24);1H. The number of nitrogens with one attached hydrogen (secondary N) is 2. The molecule has 1 unspecified atom stereocenters. The van der Waals surface area contributed by atoms with E-state index in [4.69, 9.17) is 0 Å². The van der Waals surface area contributed by atoms with Crippen LogP contribution < -0.4 is 10.6 Å². The maximum Gasteiger partial charge on any atom is 0.244 e. The first-order chi connectivity index (χ1) is 13.9. The van der Waals surface area contributed by atoms with Crippen molar-refractivity contribution >= 4 is 35.8 Å². The molecule has 164 valence electrons. The Hall–Kier alpha value is -2.14. The van der Waals surface area contributed by atoms with Gasteiger partial charge in [0.05, 0.1) is 12.7 Å². The molecule has 2 aromatic rings. The minimum Gasteiger partial charge on any atom is -0.383 e. The fraction of sp³-hybridized carbons (Fsp3) is 0.476. The van der Waals surface area contributed by atoms with Gasteiger partial charge in [-0.25, -0.2) is 4.99 Å². The lowest BCUT2D eigenvalue weighted by Crippen LogP contribution is -2.45. The number of aliphatic imine (C=N–C) groups is 1. The third-order valence-corrected chi connectivity index (χ3v) is 5.13. The molecule has 0 bridgehead atoms. The van der Waals surface area contributed by atoms with E-state index in [1.54, 1.807) is 24.0 Å². The largest absolute Gasteiger partial charge is 0.383 e. The van der Waals surface area contributed by atoms with Crippen molar-refractivity contribution in [2.24, 2.45) is 12.0 Å². The summed E-state index contributed by atoms with van der Waals surface area (Å²) in [5.41, 5.74) is 2.12. The van der Waals surface area contributed by atoms with Gasteiger partial charge in [0.2, 0.25) is 5.91 Å². The Bertz CT molecular complexity index is 880. The van der Waals surface area contributed by atoms with E-state index < -0.39 is 5.60 Å². The second-order valence-electron chi connectivity index (χ2n) is 7.56. The number of aliphatic hydroxyl groups is 1. The summed E-state index contributed by atoms with van der Waals surface area (Å²) in [7, 11) is 1.81. The Morgan fingerprint density at radius 1 is 1.30 bits per heavy atom. The first kappa shape index (κ1) is 24.1. The van der Waals surface area contributed by atoms with Crippen molar-refractivity contribution in [1.29, 1.82) is 0 Å². The van der Waals surface area contributed by atoms with Crippen LogP contribution in [0.3, 0.4) is 0 Å². The first-order valence-electron chi connectivity index (χ1n) is 9.97. The average molecular weight is 526 g/mol. The molecule has 0 spiro atoms. The summed E-state index contributed by atoms with van der Waals surface area (Å²) in [6, 6.07) is 8.24. The number of halogens is 1. The van der Waals surface area contributed by atoms with Gasteiger partial charge >= 0.3 is 0 Å². The third-order valence-electron chi connectivity index (χ3n) is 5.13. The van der Waals surface area contributed by atoms with E-state index in [-0.39, 0.29) is 43.0 Å². The van der Waals surface area contributed by atoms with Gasteiger partial charge in [-0.3, -0.25) is 9.48 Å². The van der Waals surface area contributed by atoms with Crippen molar-refractivity contribution in [2.75, 3.05) is 26.2 Å². The van der Waals surface area contributed by atoms with Crippen molar-refractivity contribution < 1.29 is 9.90 Å². The Morgan fingerprint density at radius 2 is 2.03 bits per heavy atom. The summed E-state index contributed by atoms with van der Waals surface area (Å²) in [6.45, 7) is 5.99. The number of rotatable bonds is 6. The number of guanidine groups is 1. The molecule has 1 atom stereocenters. The average Bonchev–Trinajstić information content (AvgIpc) is 3.17. The third kappa shape index (κ3) is 6.18. The van der Waals surface area contributed by atoms with E-state index >= 15 is 0 Å². The highest BCUT2D eigenvalue weighted by Gasteiger charge is 2.25. The molecule has 3 rings (SSSR count). The molecule has 1 aromatic heterocycles. The van der Waals surface area contributed by atoms with Crippen LogP contribution in [-0.2, 0) is 30.4 Å². The van der Waals surface area contributed by atoms with E-state index in [1.165, 1.54) is 11.1 Å². The summed E-state index contributed by atoms with van der Waals surface area (Å²) < 4.78 is 1.65. The summed E-state index contributed by atoms with van der Waals surface area (Å²) in [4.78, 5) is 18.9. The van der Waals surface area contributed by atoms with Crippen LogP contribution in [0.15, 0.2) is 41.7 Å². The fourth-order valence-electron chi connectivity index (χ4n) is 3.35. The molecule has 0 radical (unpaired) electrons. The highest BCUT2D eigenvalue weighted by atomic mass is 127. The predicted octanol–water partition coefficient (Wildman–Crippen LogP) is 1.39. The van der Waals surface area contributed by atoms with Crippen molar-refractivity contribution in [2.45, 2.75) is 32.4 Å². The molecule has 9 heteroatoms. The van der Waals surface area contributed by atoms with Crippen LogP contribution in [0.25, 0.3) is 0 Å². The molecule has 1 amide bonds. The zero-order valence-electron chi connectivity index (χ0n) is 17.8. The Morgan fingerprint density at radius 3 is 2.70 bits per heavy atom. The molecule has 0 saturated carbocycles. The highest BCUT2D eigenvalue weighted by Crippen LogP contribution is 2.19.